The fourth-order valence-corrected chi connectivity index (χ4v) is 8.69. The molecule has 282 valence electrons. The van der Waals surface area contributed by atoms with Gasteiger partial charge in [0.25, 0.3) is 0 Å². The quantitative estimate of drug-likeness (QED) is 0.327. The van der Waals surface area contributed by atoms with Gasteiger partial charge in [0.15, 0.2) is 0 Å². The van der Waals surface area contributed by atoms with E-state index in [2.05, 4.69) is 10.2 Å². The van der Waals surface area contributed by atoms with Crippen molar-refractivity contribution in [1.82, 2.24) is 19.6 Å². The Hall–Kier alpha value is -3.84. The van der Waals surface area contributed by atoms with Gasteiger partial charge in [-0.15, -0.1) is 0 Å². The van der Waals surface area contributed by atoms with Crippen molar-refractivity contribution in [3.05, 3.63) is 58.1 Å². The number of halogens is 4. The summed E-state index contributed by atoms with van der Waals surface area (Å²) in [6.45, 7) is 5.64. The van der Waals surface area contributed by atoms with Gasteiger partial charge in [-0.25, -0.2) is 4.79 Å². The Labute approximate surface area is 307 Å². The molecule has 6 rings (SSSR count). The summed E-state index contributed by atoms with van der Waals surface area (Å²) in [6.07, 6.45) is 0.0237. The van der Waals surface area contributed by atoms with Crippen LogP contribution in [0, 0.1) is 11.8 Å². The van der Waals surface area contributed by atoms with Crippen LogP contribution in [0.25, 0.3) is 0 Å². The fraction of sp³-hybridized carbons (Fsp3) is 0.579. The van der Waals surface area contributed by atoms with Crippen molar-refractivity contribution in [3.63, 3.8) is 0 Å². The van der Waals surface area contributed by atoms with Crippen LogP contribution in [-0.4, -0.2) is 101 Å². The van der Waals surface area contributed by atoms with E-state index in [4.69, 9.17) is 17.3 Å². The normalized spacial score (nSPS) is 20.6. The Morgan fingerprint density at radius 1 is 0.904 bits per heavy atom. The summed E-state index contributed by atoms with van der Waals surface area (Å²) in [5.41, 5.74) is 6.12. The molecule has 4 aliphatic heterocycles. The summed E-state index contributed by atoms with van der Waals surface area (Å²) in [5.74, 6) is -1.08. The molecule has 0 saturated carbocycles. The predicted molar refractivity (Wildman–Crippen MR) is 193 cm³/mol. The van der Waals surface area contributed by atoms with Crippen LogP contribution in [0.2, 0.25) is 5.02 Å². The van der Waals surface area contributed by atoms with Crippen LogP contribution in [0.15, 0.2) is 36.4 Å². The number of nitrogens with zero attached hydrogens (tertiary/aromatic N) is 4. The van der Waals surface area contributed by atoms with Gasteiger partial charge in [-0.05, 0) is 101 Å². The van der Waals surface area contributed by atoms with E-state index >= 15 is 0 Å². The third kappa shape index (κ3) is 8.68. The second kappa shape index (κ2) is 16.0. The van der Waals surface area contributed by atoms with Crippen molar-refractivity contribution in [3.8, 4) is 0 Å². The maximum Gasteiger partial charge on any atom is 0.418 e. The molecule has 4 heterocycles. The van der Waals surface area contributed by atoms with E-state index in [0.29, 0.717) is 45.6 Å². The average Bonchev–Trinajstić information content (AvgIpc) is 3.30. The predicted octanol–water partition coefficient (Wildman–Crippen LogP) is 5.86. The van der Waals surface area contributed by atoms with Crippen LogP contribution in [0.4, 0.5) is 29.3 Å². The molecule has 3 saturated heterocycles. The number of Topliss-reactive ketones (excluding diaryl/α,β-unsaturated/α-hetero) is 1. The van der Waals surface area contributed by atoms with Crippen LogP contribution in [0.1, 0.15) is 68.6 Å². The Morgan fingerprint density at radius 2 is 1.54 bits per heavy atom. The van der Waals surface area contributed by atoms with Gasteiger partial charge in [0, 0.05) is 62.8 Å². The molecule has 3 fully saturated rings. The molecular formula is C38H48ClF3N6O4. The highest BCUT2D eigenvalue weighted by Crippen LogP contribution is 2.39. The van der Waals surface area contributed by atoms with Crippen molar-refractivity contribution in [2.45, 2.75) is 83.0 Å². The summed E-state index contributed by atoms with van der Waals surface area (Å²) in [5, 5.41) is 2.76. The van der Waals surface area contributed by atoms with Crippen LogP contribution < -0.4 is 11.1 Å². The molecule has 0 aromatic heterocycles. The van der Waals surface area contributed by atoms with Gasteiger partial charge in [-0.3, -0.25) is 14.4 Å². The maximum absolute atomic E-state index is 14.1. The molecule has 0 radical (unpaired) electrons. The first-order valence-electron chi connectivity index (χ1n) is 18.4. The smallest absolute Gasteiger partial charge is 0.397 e. The Morgan fingerprint density at radius 3 is 2.19 bits per heavy atom. The number of likely N-dealkylation sites (tertiary alicyclic amines) is 3. The number of alkyl halides is 3. The molecule has 2 aromatic rings. The van der Waals surface area contributed by atoms with E-state index in [1.807, 2.05) is 29.2 Å². The second-order valence-electron chi connectivity index (χ2n) is 14.8. The summed E-state index contributed by atoms with van der Waals surface area (Å²) in [7, 11) is 0. The maximum atomic E-state index is 14.1. The van der Waals surface area contributed by atoms with Gasteiger partial charge in [-0.2, -0.15) is 13.2 Å². The molecule has 2 aromatic carbocycles. The molecule has 4 amide bonds. The molecule has 0 aliphatic carbocycles. The molecule has 4 aliphatic rings. The molecule has 10 nitrogen and oxygen atoms in total. The van der Waals surface area contributed by atoms with Crippen molar-refractivity contribution >= 4 is 46.6 Å². The zero-order valence-corrected chi connectivity index (χ0v) is 30.4. The monoisotopic (exact) mass is 744 g/mol. The highest BCUT2D eigenvalue weighted by atomic mass is 35.5. The standard InChI is InChI=1S/C38H48ClF3N6O4/c1-24(49)26-6-13-45(14-7-26)29-9-17-47(18-10-29)36(51)28(20-25-21-31(38(40,41)42)35(43)32(39)22-25)23-34(50)46-15-11-30(12-16-46)48-19-8-27-4-2-3-5-33(27)44-37(48)52/h2-5,21-22,26,28-30H,6-20,23,43H2,1H3,(H,44,52)/t28-/m0/s1. The lowest BCUT2D eigenvalue weighted by atomic mass is 9.89. The van der Waals surface area contributed by atoms with Gasteiger partial charge >= 0.3 is 12.2 Å². The minimum atomic E-state index is -4.74. The van der Waals surface area contributed by atoms with E-state index in [-0.39, 0.29) is 65.1 Å². The summed E-state index contributed by atoms with van der Waals surface area (Å²) >= 11 is 6.15. The number of hydrogen-bond donors (Lipinski definition) is 2. The number of piperidine rings is 3. The summed E-state index contributed by atoms with van der Waals surface area (Å²) in [4.78, 5) is 60.6. The van der Waals surface area contributed by atoms with E-state index in [1.54, 1.807) is 16.7 Å². The first-order chi connectivity index (χ1) is 24.8. The Balaban J connectivity index is 1.11. The van der Waals surface area contributed by atoms with Gasteiger partial charge in [0.2, 0.25) is 11.8 Å². The highest BCUT2D eigenvalue weighted by Gasteiger charge is 2.38. The van der Waals surface area contributed by atoms with Crippen LogP contribution in [-0.2, 0) is 33.4 Å². The average molecular weight is 745 g/mol. The van der Waals surface area contributed by atoms with Gasteiger partial charge in [0.1, 0.15) is 5.78 Å². The lowest BCUT2D eigenvalue weighted by Crippen LogP contribution is -2.51. The van der Waals surface area contributed by atoms with Crippen molar-refractivity contribution < 1.29 is 32.3 Å². The minimum absolute atomic E-state index is 0.0527. The third-order valence-corrected chi connectivity index (χ3v) is 11.9. The van der Waals surface area contributed by atoms with E-state index < -0.39 is 23.3 Å². The number of nitrogens with two attached hydrogens (primary N) is 1. The number of anilines is 2. The number of fused-ring (bicyclic) bond motifs is 1. The number of rotatable bonds is 8. The van der Waals surface area contributed by atoms with Crippen molar-refractivity contribution in [1.29, 1.82) is 0 Å². The van der Waals surface area contributed by atoms with E-state index in [0.717, 1.165) is 62.5 Å². The molecular weight excluding hydrogens is 697 g/mol. The van der Waals surface area contributed by atoms with Crippen molar-refractivity contribution in [2.24, 2.45) is 11.8 Å². The number of benzene rings is 2. The van der Waals surface area contributed by atoms with Crippen molar-refractivity contribution in [2.75, 3.05) is 56.9 Å². The number of ketones is 1. The first-order valence-corrected chi connectivity index (χ1v) is 18.8. The van der Waals surface area contributed by atoms with Crippen LogP contribution >= 0.6 is 11.6 Å². The zero-order chi connectivity index (χ0) is 37.2. The van der Waals surface area contributed by atoms with Gasteiger partial charge in [0.05, 0.1) is 22.2 Å². The van der Waals surface area contributed by atoms with Crippen LogP contribution in [0.5, 0.6) is 0 Å². The molecule has 14 heteroatoms. The number of nitrogens with one attached hydrogen (secondary N) is 1. The number of hydrogen-bond acceptors (Lipinski definition) is 6. The number of amides is 4. The van der Waals surface area contributed by atoms with Crippen LogP contribution in [0.3, 0.4) is 0 Å². The first kappa shape index (κ1) is 37.9. The molecule has 3 N–H and O–H groups in total. The lowest BCUT2D eigenvalue weighted by molar-refractivity contribution is -0.143. The number of nitrogen functional groups attached to an aromatic ring is 1. The van der Waals surface area contributed by atoms with E-state index in [1.165, 1.54) is 6.07 Å². The van der Waals surface area contributed by atoms with Gasteiger partial charge < -0.3 is 30.7 Å². The largest absolute Gasteiger partial charge is 0.418 e. The van der Waals surface area contributed by atoms with E-state index in [9.17, 15) is 32.3 Å². The molecule has 0 bridgehead atoms. The zero-order valence-electron chi connectivity index (χ0n) is 29.6. The molecule has 0 unspecified atom stereocenters. The number of carbonyl (C=O) groups is 4. The summed E-state index contributed by atoms with van der Waals surface area (Å²) < 4.78 is 41.6. The third-order valence-electron chi connectivity index (χ3n) is 11.5. The molecule has 52 heavy (non-hydrogen) atoms. The highest BCUT2D eigenvalue weighted by molar-refractivity contribution is 6.33. The SMILES string of the molecule is CC(=O)C1CCN(C2CCN(C(=O)[C@H](CC(=O)N3CCC(N4CCc5ccccc5NC4=O)CC3)Cc3cc(Cl)c(N)c(C(F)(F)F)c3)CC2)CC1. The second-order valence-corrected chi connectivity index (χ2v) is 15.2. The number of carbonyl (C=O) groups excluding carboxylic acids is 4. The number of para-hydroxylation sites is 1. The Bertz CT molecular complexity index is 1650. The number of urea groups is 1. The fourth-order valence-electron chi connectivity index (χ4n) is 8.44. The molecule has 1 atom stereocenters. The van der Waals surface area contributed by atoms with Gasteiger partial charge in [-0.1, -0.05) is 29.8 Å². The summed E-state index contributed by atoms with van der Waals surface area (Å²) in [6, 6.07) is 10.1. The minimum Gasteiger partial charge on any atom is -0.397 e. The lowest BCUT2D eigenvalue weighted by Gasteiger charge is -2.42. The topological polar surface area (TPSA) is 119 Å². The Kier molecular flexibility index (Phi) is 11.7. The molecule has 0 spiro atoms.